The quantitative estimate of drug-likeness (QED) is 0.614. The number of hydrogen-bond donors (Lipinski definition) is 1. The van der Waals surface area contributed by atoms with Gasteiger partial charge in [0.1, 0.15) is 4.88 Å². The van der Waals surface area contributed by atoms with Gasteiger partial charge in [0.15, 0.2) is 29.1 Å². The summed E-state index contributed by atoms with van der Waals surface area (Å²) in [7, 11) is 0. The molecule has 5 rings (SSSR count). The van der Waals surface area contributed by atoms with E-state index >= 15 is 0 Å². The van der Waals surface area contributed by atoms with Gasteiger partial charge in [-0.2, -0.15) is 0 Å². The number of aromatic carboxylic acids is 1. The maximum atomic E-state index is 12.8. The number of fused-ring (bicyclic) bond motifs is 2. The third kappa shape index (κ3) is 3.29. The van der Waals surface area contributed by atoms with Crippen molar-refractivity contribution in [2.45, 2.75) is 6.10 Å². The second-order valence-electron chi connectivity index (χ2n) is 6.52. The number of hydrogen-bond acceptors (Lipinski definition) is 8. The molecule has 3 aromatic rings. The molecule has 1 N–H and O–H groups in total. The van der Waals surface area contributed by atoms with E-state index in [4.69, 9.17) is 28.8 Å². The zero-order valence-corrected chi connectivity index (χ0v) is 16.1. The van der Waals surface area contributed by atoms with Crippen molar-refractivity contribution in [3.8, 4) is 23.0 Å². The normalized spacial score (nSPS) is 13.5. The molecule has 2 aliphatic heterocycles. The van der Waals surface area contributed by atoms with Crippen LogP contribution in [0.2, 0.25) is 0 Å². The molecule has 152 valence electrons. The summed E-state index contributed by atoms with van der Waals surface area (Å²) in [6.45, 7) is 0.251. The molecule has 1 aromatic heterocycles. The molecule has 0 fully saturated rings. The Balaban J connectivity index is 1.50. The van der Waals surface area contributed by atoms with Crippen LogP contribution in [-0.2, 0) is 4.74 Å². The first-order valence-corrected chi connectivity index (χ1v) is 9.78. The number of rotatable bonds is 5. The molecule has 2 aromatic carbocycles. The number of carboxylic acids is 1. The minimum atomic E-state index is -1.10. The zero-order chi connectivity index (χ0) is 20.7. The van der Waals surface area contributed by atoms with E-state index in [0.717, 1.165) is 11.3 Å². The van der Waals surface area contributed by atoms with Crippen molar-refractivity contribution >= 4 is 23.3 Å². The lowest BCUT2D eigenvalue weighted by atomic mass is 10.00. The largest absolute Gasteiger partial charge is 0.478 e. The summed E-state index contributed by atoms with van der Waals surface area (Å²) in [4.78, 5) is 24.1. The Kier molecular flexibility index (Phi) is 4.44. The lowest BCUT2D eigenvalue weighted by Crippen LogP contribution is -2.12. The Morgan fingerprint density at radius 3 is 1.97 bits per heavy atom. The topological polar surface area (TPSA) is 101 Å². The summed E-state index contributed by atoms with van der Waals surface area (Å²) in [6, 6.07) is 11.9. The molecular weight excluding hydrogens is 412 g/mol. The van der Waals surface area contributed by atoms with E-state index in [0.29, 0.717) is 34.1 Å². The Labute approximate surface area is 174 Å². The molecule has 8 nitrogen and oxygen atoms in total. The van der Waals surface area contributed by atoms with E-state index in [9.17, 15) is 9.59 Å². The van der Waals surface area contributed by atoms with Gasteiger partial charge in [-0.3, -0.25) is 0 Å². The number of ether oxygens (including phenoxy) is 5. The summed E-state index contributed by atoms with van der Waals surface area (Å²) >= 11 is 1.01. The van der Waals surface area contributed by atoms with E-state index in [1.165, 1.54) is 11.4 Å². The molecule has 0 unspecified atom stereocenters. The molecular formula is C21H14O8S. The smallest absolute Gasteiger partial charge is 0.349 e. The molecule has 0 atom stereocenters. The zero-order valence-electron chi connectivity index (χ0n) is 15.3. The van der Waals surface area contributed by atoms with Gasteiger partial charge in [0.25, 0.3) is 0 Å². The van der Waals surface area contributed by atoms with Crippen LogP contribution < -0.4 is 18.9 Å². The highest BCUT2D eigenvalue weighted by molar-refractivity contribution is 7.12. The summed E-state index contributed by atoms with van der Waals surface area (Å²) in [6.07, 6.45) is -0.781. The first kappa shape index (κ1) is 18.3. The second-order valence-corrected chi connectivity index (χ2v) is 7.43. The molecule has 30 heavy (non-hydrogen) atoms. The molecule has 0 saturated carbocycles. The van der Waals surface area contributed by atoms with Gasteiger partial charge < -0.3 is 28.8 Å². The summed E-state index contributed by atoms with van der Waals surface area (Å²) in [5, 5.41) is 10.5. The summed E-state index contributed by atoms with van der Waals surface area (Å²) in [5.41, 5.74) is 1.37. The van der Waals surface area contributed by atoms with Gasteiger partial charge in [-0.1, -0.05) is 12.1 Å². The first-order chi connectivity index (χ1) is 14.6. The number of thiophene rings is 1. The third-order valence-corrected chi connectivity index (χ3v) is 5.58. The van der Waals surface area contributed by atoms with Crippen LogP contribution in [0.25, 0.3) is 0 Å². The Morgan fingerprint density at radius 2 is 1.43 bits per heavy atom. The Bertz CT molecular complexity index is 1090. The highest BCUT2D eigenvalue weighted by atomic mass is 32.1. The van der Waals surface area contributed by atoms with Crippen LogP contribution >= 0.6 is 11.3 Å². The SMILES string of the molecule is O=C(O)c1csc(C(=O)OC(c2ccc3c(c2)OCO3)c2ccc3c(c2)OCO3)c1. The van der Waals surface area contributed by atoms with Gasteiger partial charge in [0, 0.05) is 16.5 Å². The second kappa shape index (κ2) is 7.27. The lowest BCUT2D eigenvalue weighted by molar-refractivity contribution is 0.0383. The average Bonchev–Trinajstić information content (AvgIpc) is 3.50. The van der Waals surface area contributed by atoms with Gasteiger partial charge in [-0.05, 0) is 30.3 Å². The van der Waals surface area contributed by atoms with E-state index in [2.05, 4.69) is 0 Å². The molecule has 0 aliphatic carbocycles. The predicted molar refractivity (Wildman–Crippen MR) is 104 cm³/mol. The van der Waals surface area contributed by atoms with Crippen molar-refractivity contribution in [3.05, 3.63) is 69.4 Å². The van der Waals surface area contributed by atoms with E-state index in [-0.39, 0.29) is 24.0 Å². The van der Waals surface area contributed by atoms with Gasteiger partial charge in [0.05, 0.1) is 5.56 Å². The van der Waals surface area contributed by atoms with Crippen LogP contribution in [0.15, 0.2) is 47.8 Å². The molecule has 0 bridgehead atoms. The standard InChI is InChI=1S/C21H14O8S/c22-20(23)13-7-18(30-8-13)21(24)29-19(11-1-3-14-16(5-11)27-9-25-14)12-2-4-15-17(6-12)28-10-26-15/h1-8,19H,9-10H2,(H,22,23). The van der Waals surface area contributed by atoms with Crippen molar-refractivity contribution in [3.63, 3.8) is 0 Å². The number of esters is 1. The number of carbonyl (C=O) groups is 2. The maximum Gasteiger partial charge on any atom is 0.349 e. The molecule has 0 amide bonds. The van der Waals surface area contributed by atoms with Crippen LogP contribution in [0, 0.1) is 0 Å². The van der Waals surface area contributed by atoms with Crippen LogP contribution in [0.3, 0.4) is 0 Å². The van der Waals surface area contributed by atoms with Crippen LogP contribution in [0.4, 0.5) is 0 Å². The van der Waals surface area contributed by atoms with Gasteiger partial charge in [-0.15, -0.1) is 11.3 Å². The average molecular weight is 426 g/mol. The Hall–Kier alpha value is -3.72. The minimum absolute atomic E-state index is 0.0367. The fraction of sp³-hybridized carbons (Fsp3) is 0.143. The highest BCUT2D eigenvalue weighted by Crippen LogP contribution is 2.40. The van der Waals surface area contributed by atoms with Gasteiger partial charge >= 0.3 is 11.9 Å². The lowest BCUT2D eigenvalue weighted by Gasteiger charge is -2.19. The van der Waals surface area contributed by atoms with Crippen LogP contribution in [0.1, 0.15) is 37.3 Å². The summed E-state index contributed by atoms with van der Waals surface area (Å²) < 4.78 is 27.4. The van der Waals surface area contributed by atoms with E-state index in [1.807, 2.05) is 0 Å². The van der Waals surface area contributed by atoms with Crippen molar-refractivity contribution in [1.82, 2.24) is 0 Å². The molecule has 2 aliphatic rings. The number of carboxylic acid groups (broad SMARTS) is 1. The van der Waals surface area contributed by atoms with Crippen molar-refractivity contribution in [2.75, 3.05) is 13.6 Å². The molecule has 0 radical (unpaired) electrons. The molecule has 9 heteroatoms. The van der Waals surface area contributed by atoms with E-state index in [1.54, 1.807) is 36.4 Å². The predicted octanol–water partition coefficient (Wildman–Crippen LogP) is 3.85. The van der Waals surface area contributed by atoms with Gasteiger partial charge in [0.2, 0.25) is 13.6 Å². The fourth-order valence-corrected chi connectivity index (χ4v) is 3.96. The van der Waals surface area contributed by atoms with E-state index < -0.39 is 18.0 Å². The van der Waals surface area contributed by atoms with Crippen LogP contribution in [-0.4, -0.2) is 30.6 Å². The fourth-order valence-electron chi connectivity index (χ4n) is 3.20. The van der Waals surface area contributed by atoms with Gasteiger partial charge in [-0.25, -0.2) is 9.59 Å². The number of benzene rings is 2. The molecule has 0 spiro atoms. The Morgan fingerprint density at radius 1 is 0.867 bits per heavy atom. The number of carbonyl (C=O) groups excluding carboxylic acids is 1. The minimum Gasteiger partial charge on any atom is -0.478 e. The van der Waals surface area contributed by atoms with Crippen molar-refractivity contribution < 1.29 is 38.4 Å². The highest BCUT2D eigenvalue weighted by Gasteiger charge is 2.26. The maximum absolute atomic E-state index is 12.8. The molecule has 0 saturated heterocycles. The third-order valence-electron chi connectivity index (χ3n) is 4.67. The monoisotopic (exact) mass is 426 g/mol. The van der Waals surface area contributed by atoms with Crippen molar-refractivity contribution in [1.29, 1.82) is 0 Å². The molecule has 3 heterocycles. The summed E-state index contributed by atoms with van der Waals surface area (Å²) in [5.74, 6) is 0.594. The van der Waals surface area contributed by atoms with Crippen LogP contribution in [0.5, 0.6) is 23.0 Å². The first-order valence-electron chi connectivity index (χ1n) is 8.90. The van der Waals surface area contributed by atoms with Crippen molar-refractivity contribution in [2.24, 2.45) is 0 Å².